The zero-order valence-corrected chi connectivity index (χ0v) is 10.5. The number of halogens is 1. The molecule has 1 unspecified atom stereocenters. The first-order valence-corrected chi connectivity index (χ1v) is 5.92. The van der Waals surface area contributed by atoms with E-state index in [0.29, 0.717) is 17.0 Å². The summed E-state index contributed by atoms with van der Waals surface area (Å²) in [4.78, 5) is 11.9. The zero-order chi connectivity index (χ0) is 11.0. The molecule has 1 aromatic rings. The molecule has 0 aliphatic heterocycles. The second-order valence-electron chi connectivity index (χ2n) is 4.09. The van der Waals surface area contributed by atoms with E-state index in [9.17, 15) is 4.79 Å². The lowest BCUT2D eigenvalue weighted by atomic mass is 10.2. The number of ether oxygens (including phenoxy) is 1. The number of nitrogens with one attached hydrogen (secondary N) is 1. The molecule has 1 aliphatic rings. The first kappa shape index (κ1) is 11.0. The normalized spacial score (nSPS) is 18.1. The average Bonchev–Trinajstić information content (AvgIpc) is 3.01. The molecule has 0 spiro atoms. The number of methoxy groups -OCH3 is 1. The minimum atomic E-state index is 0.0152. The molecule has 15 heavy (non-hydrogen) atoms. The highest BCUT2D eigenvalue weighted by molar-refractivity contribution is 9.10. The zero-order valence-electron chi connectivity index (χ0n) is 8.92. The van der Waals surface area contributed by atoms with Gasteiger partial charge in [0, 0.05) is 7.11 Å². The largest absolute Gasteiger partial charge is 0.378 e. The van der Waals surface area contributed by atoms with E-state index in [-0.39, 0.29) is 11.6 Å². The summed E-state index contributed by atoms with van der Waals surface area (Å²) in [6, 6.07) is 0.263. The maximum atomic E-state index is 11.9. The third-order valence-electron chi connectivity index (χ3n) is 2.93. The number of nitrogens with zero attached hydrogens (tertiary/aromatic N) is 1. The standard InChI is InChI=1S/C10H15BrN2O2/c1-6(7-3-4-7)13-10(14)9(11)8(12-13)5-15-2/h6-7,12H,3-5H2,1-2H3. The van der Waals surface area contributed by atoms with Gasteiger partial charge in [-0.3, -0.25) is 9.89 Å². The SMILES string of the molecule is COCc1[nH]n(C(C)C2CC2)c(=O)c1Br. The van der Waals surface area contributed by atoms with Crippen LogP contribution in [0.4, 0.5) is 0 Å². The summed E-state index contributed by atoms with van der Waals surface area (Å²) in [5.74, 6) is 0.656. The Balaban J connectivity index is 2.31. The highest BCUT2D eigenvalue weighted by Crippen LogP contribution is 2.38. The molecule has 2 rings (SSSR count). The van der Waals surface area contributed by atoms with Gasteiger partial charge in [0.2, 0.25) is 0 Å². The molecule has 4 nitrogen and oxygen atoms in total. The lowest BCUT2D eigenvalue weighted by Gasteiger charge is -2.10. The molecule has 0 amide bonds. The molecular formula is C10H15BrN2O2. The Morgan fingerprint density at radius 3 is 2.87 bits per heavy atom. The fourth-order valence-electron chi connectivity index (χ4n) is 1.80. The third-order valence-corrected chi connectivity index (χ3v) is 3.74. The van der Waals surface area contributed by atoms with Gasteiger partial charge in [0.25, 0.3) is 5.56 Å². The second kappa shape index (κ2) is 4.14. The van der Waals surface area contributed by atoms with E-state index in [2.05, 4.69) is 28.0 Å². The van der Waals surface area contributed by atoms with E-state index < -0.39 is 0 Å². The van der Waals surface area contributed by atoms with Crippen molar-refractivity contribution in [3.8, 4) is 0 Å². The fraction of sp³-hybridized carbons (Fsp3) is 0.700. The van der Waals surface area contributed by atoms with Crippen molar-refractivity contribution in [2.45, 2.75) is 32.4 Å². The van der Waals surface area contributed by atoms with Crippen LogP contribution in [0.1, 0.15) is 31.5 Å². The Hall–Kier alpha value is -0.550. The molecule has 1 atom stereocenters. The molecule has 0 bridgehead atoms. The summed E-state index contributed by atoms with van der Waals surface area (Å²) in [6.45, 7) is 2.51. The van der Waals surface area contributed by atoms with Crippen molar-refractivity contribution in [3.05, 3.63) is 20.5 Å². The topological polar surface area (TPSA) is 47.0 Å². The summed E-state index contributed by atoms with van der Waals surface area (Å²) in [6.07, 6.45) is 2.45. The maximum absolute atomic E-state index is 11.9. The fourth-order valence-corrected chi connectivity index (χ4v) is 2.19. The summed E-state index contributed by atoms with van der Waals surface area (Å²) in [7, 11) is 1.62. The van der Waals surface area contributed by atoms with Crippen molar-refractivity contribution in [2.75, 3.05) is 7.11 Å². The van der Waals surface area contributed by atoms with Gasteiger partial charge in [0.05, 0.1) is 18.3 Å². The van der Waals surface area contributed by atoms with Crippen LogP contribution in [-0.2, 0) is 11.3 Å². The lowest BCUT2D eigenvalue weighted by molar-refractivity contribution is 0.179. The predicted octanol–water partition coefficient (Wildman–Crippen LogP) is 2.06. The van der Waals surface area contributed by atoms with Crippen LogP contribution in [-0.4, -0.2) is 16.9 Å². The van der Waals surface area contributed by atoms with Crippen molar-refractivity contribution in [2.24, 2.45) is 5.92 Å². The predicted molar refractivity (Wildman–Crippen MR) is 60.9 cm³/mol. The first-order chi connectivity index (χ1) is 7.15. The van der Waals surface area contributed by atoms with Gasteiger partial charge >= 0.3 is 0 Å². The van der Waals surface area contributed by atoms with E-state index in [1.165, 1.54) is 12.8 Å². The van der Waals surface area contributed by atoms with Crippen molar-refractivity contribution < 1.29 is 4.74 Å². The molecule has 1 heterocycles. The number of aromatic nitrogens is 2. The van der Waals surface area contributed by atoms with Gasteiger partial charge in [-0.15, -0.1) is 0 Å². The smallest absolute Gasteiger partial charge is 0.281 e. The third kappa shape index (κ3) is 2.03. The number of rotatable bonds is 4. The van der Waals surface area contributed by atoms with Crippen LogP contribution in [0, 0.1) is 5.92 Å². The Kier molecular flexibility index (Phi) is 3.02. The molecule has 5 heteroatoms. The van der Waals surface area contributed by atoms with Crippen LogP contribution in [0.5, 0.6) is 0 Å². The molecule has 1 N–H and O–H groups in total. The first-order valence-electron chi connectivity index (χ1n) is 5.13. The summed E-state index contributed by atoms with van der Waals surface area (Å²) >= 11 is 3.30. The number of aromatic amines is 1. The van der Waals surface area contributed by atoms with Crippen LogP contribution >= 0.6 is 15.9 Å². The van der Waals surface area contributed by atoms with Crippen LogP contribution in [0.3, 0.4) is 0 Å². The molecular weight excluding hydrogens is 260 g/mol. The maximum Gasteiger partial charge on any atom is 0.281 e. The molecule has 1 saturated carbocycles. The average molecular weight is 275 g/mol. The summed E-state index contributed by atoms with van der Waals surface area (Å²) in [5, 5.41) is 3.10. The molecule has 0 saturated heterocycles. The summed E-state index contributed by atoms with van der Waals surface area (Å²) in [5.41, 5.74) is 0.830. The van der Waals surface area contributed by atoms with Crippen molar-refractivity contribution in [1.82, 2.24) is 9.78 Å². The van der Waals surface area contributed by atoms with Gasteiger partial charge in [-0.1, -0.05) is 0 Å². The van der Waals surface area contributed by atoms with E-state index in [0.717, 1.165) is 5.69 Å². The van der Waals surface area contributed by atoms with Crippen molar-refractivity contribution in [3.63, 3.8) is 0 Å². The van der Waals surface area contributed by atoms with Crippen LogP contribution in [0.25, 0.3) is 0 Å². The molecule has 1 fully saturated rings. The van der Waals surface area contributed by atoms with Gasteiger partial charge in [-0.25, -0.2) is 4.68 Å². The second-order valence-corrected chi connectivity index (χ2v) is 4.88. The number of hydrogen-bond donors (Lipinski definition) is 1. The number of H-pyrrole nitrogens is 1. The summed E-state index contributed by atoms with van der Waals surface area (Å²) < 4.78 is 7.32. The van der Waals surface area contributed by atoms with Crippen molar-refractivity contribution >= 4 is 15.9 Å². The molecule has 84 valence electrons. The van der Waals surface area contributed by atoms with Gasteiger partial charge in [0.15, 0.2) is 0 Å². The van der Waals surface area contributed by atoms with Crippen LogP contribution in [0.15, 0.2) is 9.27 Å². The molecule has 1 aromatic heterocycles. The van der Waals surface area contributed by atoms with E-state index >= 15 is 0 Å². The Bertz CT molecular complexity index is 406. The Morgan fingerprint density at radius 2 is 2.33 bits per heavy atom. The van der Waals surface area contributed by atoms with Gasteiger partial charge < -0.3 is 4.74 Å². The monoisotopic (exact) mass is 274 g/mol. The van der Waals surface area contributed by atoms with Crippen molar-refractivity contribution in [1.29, 1.82) is 0 Å². The number of hydrogen-bond acceptors (Lipinski definition) is 2. The quantitative estimate of drug-likeness (QED) is 0.914. The highest BCUT2D eigenvalue weighted by atomic mass is 79.9. The van der Waals surface area contributed by atoms with Crippen LogP contribution < -0.4 is 5.56 Å². The Morgan fingerprint density at radius 1 is 1.67 bits per heavy atom. The van der Waals surface area contributed by atoms with Gasteiger partial charge in [-0.05, 0) is 41.6 Å². The molecule has 1 aliphatic carbocycles. The Labute approximate surface area is 96.7 Å². The van der Waals surface area contributed by atoms with Gasteiger partial charge in [0.1, 0.15) is 4.47 Å². The van der Waals surface area contributed by atoms with E-state index in [1.807, 2.05) is 0 Å². The van der Waals surface area contributed by atoms with E-state index in [4.69, 9.17) is 4.74 Å². The highest BCUT2D eigenvalue weighted by Gasteiger charge is 2.31. The molecule has 0 radical (unpaired) electrons. The lowest BCUT2D eigenvalue weighted by Crippen LogP contribution is -2.22. The van der Waals surface area contributed by atoms with Crippen LogP contribution in [0.2, 0.25) is 0 Å². The minimum Gasteiger partial charge on any atom is -0.378 e. The minimum absolute atomic E-state index is 0.0152. The molecule has 0 aromatic carbocycles. The van der Waals surface area contributed by atoms with E-state index in [1.54, 1.807) is 11.8 Å². The van der Waals surface area contributed by atoms with Gasteiger partial charge in [-0.2, -0.15) is 0 Å².